The molecule has 6 rings (SSSR count). The van der Waals surface area contributed by atoms with Crippen LogP contribution in [0, 0.1) is 12.7 Å². The Morgan fingerprint density at radius 1 is 0.829 bits per heavy atom. The summed E-state index contributed by atoms with van der Waals surface area (Å²) in [6, 6.07) is -0.460. The number of carbonyl (C=O) groups excluding carboxylic acids is 9. The lowest BCUT2D eigenvalue weighted by molar-refractivity contribution is -0.172. The standard InChI is InChI=1S/C53H68FN9O17S2/c1-7-53(79)33-17-37-44-30(19-63(37)51(77)31(33)22-80-52(53)78)32(29-16-25(2)34(54)18-36(29)60-44)23-81-14-15-82-24-55-47(73)26(3)56-48(74)27(4)57-49(75)28(5)58-50(76)35(59-40(67)12-13-62-42(69)10-11-43(62)70)8-9-41(68)61(6)20-38(65)45(71)46(72)39(66)21-64/h10-11,16-18,26-28,35,38-39,45-46,64-66,71-72,79H,7-9,12-15,19-24H2,1-6H3,(H,55,73)(H,56,74)(H,57,75)(H,58,76)(H,59,67)/t26-,27-,28-,35-,38-,39+,45+,46+,53-/m0/s1. The van der Waals surface area contributed by atoms with Crippen LogP contribution >= 0.6 is 23.5 Å². The van der Waals surface area contributed by atoms with E-state index in [2.05, 4.69) is 26.6 Å². The Bertz CT molecular complexity index is 3070. The number of cyclic esters (lactones) is 1. The number of carbonyl (C=O) groups is 9. The van der Waals surface area contributed by atoms with Crippen LogP contribution in [0.15, 0.2) is 35.1 Å². The summed E-state index contributed by atoms with van der Waals surface area (Å²) in [6.45, 7) is 5.34. The third kappa shape index (κ3) is 14.8. The number of rotatable bonds is 28. The van der Waals surface area contributed by atoms with Gasteiger partial charge in [-0.05, 0) is 63.8 Å². The number of halogens is 1. The van der Waals surface area contributed by atoms with Crippen molar-refractivity contribution >= 4 is 87.7 Å². The summed E-state index contributed by atoms with van der Waals surface area (Å²) in [6.07, 6.45) is -6.78. The number of aliphatic hydroxyl groups excluding tert-OH is 5. The molecular formula is C53H68FN9O17S2. The average Bonchev–Trinajstić information content (AvgIpc) is 4.13. The normalized spacial score (nSPS) is 18.2. The molecule has 9 atom stereocenters. The third-order valence-corrected chi connectivity index (χ3v) is 16.4. The molecule has 82 heavy (non-hydrogen) atoms. The lowest BCUT2D eigenvalue weighted by Crippen LogP contribution is -2.56. The predicted octanol–water partition coefficient (Wildman–Crippen LogP) is -2.44. The van der Waals surface area contributed by atoms with Gasteiger partial charge in [0.15, 0.2) is 5.60 Å². The van der Waals surface area contributed by atoms with E-state index in [0.717, 1.165) is 33.1 Å². The molecule has 1 aromatic carbocycles. The molecule has 0 unspecified atom stereocenters. The summed E-state index contributed by atoms with van der Waals surface area (Å²) in [4.78, 5) is 136. The van der Waals surface area contributed by atoms with Crippen molar-refractivity contribution in [1.82, 2.24) is 45.9 Å². The van der Waals surface area contributed by atoms with Crippen LogP contribution in [0.3, 0.4) is 0 Å². The Balaban J connectivity index is 0.967. The monoisotopic (exact) mass is 1190 g/mol. The van der Waals surface area contributed by atoms with E-state index in [1.54, 1.807) is 37.7 Å². The molecule has 446 valence electrons. The summed E-state index contributed by atoms with van der Waals surface area (Å²) in [5.74, 6) is -5.42. The van der Waals surface area contributed by atoms with E-state index in [1.807, 2.05) is 0 Å². The zero-order valence-corrected chi connectivity index (χ0v) is 47.5. The largest absolute Gasteiger partial charge is 0.458 e. The van der Waals surface area contributed by atoms with Crippen LogP contribution < -0.4 is 32.1 Å². The summed E-state index contributed by atoms with van der Waals surface area (Å²) in [7, 11) is 1.22. The smallest absolute Gasteiger partial charge is 0.343 e. The molecule has 0 spiro atoms. The van der Waals surface area contributed by atoms with E-state index in [1.165, 1.54) is 50.2 Å². The number of pyridine rings is 2. The van der Waals surface area contributed by atoms with Crippen molar-refractivity contribution in [1.29, 1.82) is 0 Å². The van der Waals surface area contributed by atoms with Crippen molar-refractivity contribution in [2.75, 3.05) is 44.1 Å². The first-order valence-corrected chi connectivity index (χ1v) is 28.6. The quantitative estimate of drug-likeness (QED) is 0.0122. The minimum absolute atomic E-state index is 0.0244. The number of nitrogens with one attached hydrogen (secondary N) is 5. The number of nitrogens with zero attached hydrogens (tertiary/aromatic N) is 4. The number of benzene rings is 1. The van der Waals surface area contributed by atoms with E-state index >= 15 is 0 Å². The first kappa shape index (κ1) is 64.3. The van der Waals surface area contributed by atoms with Crippen LogP contribution in [0.25, 0.3) is 22.3 Å². The zero-order valence-electron chi connectivity index (χ0n) is 45.9. The van der Waals surface area contributed by atoms with Gasteiger partial charge < -0.3 is 71.4 Å². The number of imide groups is 1. The van der Waals surface area contributed by atoms with Crippen molar-refractivity contribution in [2.45, 2.75) is 133 Å². The van der Waals surface area contributed by atoms with Gasteiger partial charge in [-0.15, -0.1) is 11.8 Å². The van der Waals surface area contributed by atoms with Crippen LogP contribution in [-0.2, 0) is 72.4 Å². The molecule has 3 aliphatic heterocycles. The molecule has 0 radical (unpaired) electrons. The number of hydrogen-bond acceptors (Lipinski definition) is 20. The molecule has 0 fully saturated rings. The molecule has 29 heteroatoms. The lowest BCUT2D eigenvalue weighted by atomic mass is 9.86. The van der Waals surface area contributed by atoms with E-state index < -0.39 is 151 Å². The Morgan fingerprint density at radius 2 is 1.44 bits per heavy atom. The number of ether oxygens (including phenoxy) is 1. The van der Waals surface area contributed by atoms with Gasteiger partial charge >= 0.3 is 5.97 Å². The van der Waals surface area contributed by atoms with Gasteiger partial charge in [-0.3, -0.25) is 48.1 Å². The molecule has 0 saturated carbocycles. The topological polar surface area (TPSA) is 386 Å². The van der Waals surface area contributed by atoms with Crippen LogP contribution in [-0.4, -0.2) is 196 Å². The Hall–Kier alpha value is -6.86. The van der Waals surface area contributed by atoms with Crippen molar-refractivity contribution < 1.29 is 82.9 Å². The van der Waals surface area contributed by atoms with Crippen LogP contribution in [0.4, 0.5) is 4.39 Å². The first-order valence-electron chi connectivity index (χ1n) is 26.3. The third-order valence-electron chi connectivity index (χ3n) is 14.3. The first-order chi connectivity index (χ1) is 38.7. The number of fused-ring (bicyclic) bond motifs is 5. The molecule has 0 aliphatic carbocycles. The maximum absolute atomic E-state index is 14.9. The number of hydrogen-bond donors (Lipinski definition) is 11. The molecule has 5 heterocycles. The molecule has 11 N–H and O–H groups in total. The second kappa shape index (κ2) is 27.9. The van der Waals surface area contributed by atoms with E-state index in [0.29, 0.717) is 45.1 Å². The van der Waals surface area contributed by atoms with E-state index in [-0.39, 0.29) is 43.1 Å². The maximum atomic E-state index is 14.9. The van der Waals surface area contributed by atoms with Crippen LogP contribution in [0.2, 0.25) is 0 Å². The highest BCUT2D eigenvalue weighted by atomic mass is 32.2. The Labute approximate surface area is 478 Å². The molecule has 3 aliphatic rings. The summed E-state index contributed by atoms with van der Waals surface area (Å²) >= 11 is 2.97. The molecule has 3 aromatic rings. The van der Waals surface area contributed by atoms with Crippen LogP contribution in [0.5, 0.6) is 0 Å². The number of aryl methyl sites for hydroxylation is 1. The fraction of sp³-hybridized carbons (Fsp3) is 0.528. The fourth-order valence-electron chi connectivity index (χ4n) is 9.20. The van der Waals surface area contributed by atoms with Gasteiger partial charge in [0.2, 0.25) is 35.4 Å². The number of likely N-dealkylation sites (N-methyl/N-ethyl adjacent to an activating group) is 1. The fourth-order valence-corrected chi connectivity index (χ4v) is 11.2. The number of aliphatic hydroxyl groups is 6. The summed E-state index contributed by atoms with van der Waals surface area (Å²) in [5.41, 5.74) is 1.15. The molecule has 0 bridgehead atoms. The highest BCUT2D eigenvalue weighted by Crippen LogP contribution is 2.41. The van der Waals surface area contributed by atoms with Crippen molar-refractivity contribution in [3.05, 3.63) is 74.3 Å². The number of esters is 1. The lowest BCUT2D eigenvalue weighted by Gasteiger charge is -2.31. The van der Waals surface area contributed by atoms with Crippen molar-refractivity contribution in [3.63, 3.8) is 0 Å². The SMILES string of the molecule is CC[C@@]1(O)C(=O)OCc2c1cc1n(c2=O)Cc2c-1nc1cc(F)c(C)cc1c2CSCCSCNC(=O)[C@H](C)NC(=O)[C@H](C)NC(=O)[C@H](C)NC(=O)[C@H](CCC(=O)N(C)C[C@H](O)[C@@H](O)[C@H](O)[C@H](O)CO)NC(=O)CCN1C(=O)C=CC1=O. The van der Waals surface area contributed by atoms with Gasteiger partial charge in [0.05, 0.1) is 41.5 Å². The summed E-state index contributed by atoms with van der Waals surface area (Å²) < 4.78 is 21.7. The number of amides is 8. The number of aromatic nitrogens is 2. The molecule has 8 amide bonds. The Kier molecular flexibility index (Phi) is 21.9. The Morgan fingerprint density at radius 3 is 2.07 bits per heavy atom. The summed E-state index contributed by atoms with van der Waals surface area (Å²) in [5, 5.41) is 73.7. The highest BCUT2D eigenvalue weighted by Gasteiger charge is 2.46. The highest BCUT2D eigenvalue weighted by molar-refractivity contribution is 8.02. The van der Waals surface area contributed by atoms with Gasteiger partial charge in [0.1, 0.15) is 61.0 Å². The molecular weight excluding hydrogens is 1120 g/mol. The molecule has 26 nitrogen and oxygen atoms in total. The minimum Gasteiger partial charge on any atom is -0.458 e. The van der Waals surface area contributed by atoms with Gasteiger partial charge in [-0.25, -0.2) is 14.2 Å². The molecule has 0 saturated heterocycles. The van der Waals surface area contributed by atoms with Gasteiger partial charge in [-0.1, -0.05) is 6.92 Å². The van der Waals surface area contributed by atoms with E-state index in [4.69, 9.17) is 14.8 Å². The van der Waals surface area contributed by atoms with E-state index in [9.17, 15) is 77.9 Å². The maximum Gasteiger partial charge on any atom is 0.343 e. The predicted molar refractivity (Wildman–Crippen MR) is 294 cm³/mol. The van der Waals surface area contributed by atoms with Crippen LogP contribution in [0.1, 0.15) is 81.2 Å². The minimum atomic E-state index is -2.01. The van der Waals surface area contributed by atoms with Gasteiger partial charge in [-0.2, -0.15) is 11.8 Å². The van der Waals surface area contributed by atoms with Gasteiger partial charge in [0, 0.05) is 85.0 Å². The second-order valence-corrected chi connectivity index (χ2v) is 22.3. The molecule has 2 aromatic heterocycles. The average molecular weight is 1190 g/mol. The van der Waals surface area contributed by atoms with Crippen molar-refractivity contribution in [2.24, 2.45) is 0 Å². The van der Waals surface area contributed by atoms with Gasteiger partial charge in [0.25, 0.3) is 17.4 Å². The number of thioether (sulfide) groups is 2. The second-order valence-electron chi connectivity index (χ2n) is 20.1. The zero-order chi connectivity index (χ0) is 60.5. The van der Waals surface area contributed by atoms with Crippen molar-refractivity contribution in [3.8, 4) is 11.4 Å².